The van der Waals surface area contributed by atoms with Gasteiger partial charge in [0.05, 0.1) is 6.42 Å². The molecule has 0 aliphatic heterocycles. The van der Waals surface area contributed by atoms with Crippen LogP contribution in [0.15, 0.2) is 60.7 Å². The molecule has 0 saturated carbocycles. The van der Waals surface area contributed by atoms with E-state index in [1.807, 2.05) is 12.1 Å². The summed E-state index contributed by atoms with van der Waals surface area (Å²) in [5, 5.41) is 5.46. The zero-order valence-corrected chi connectivity index (χ0v) is 15.9. The summed E-state index contributed by atoms with van der Waals surface area (Å²) in [5.41, 5.74) is 5.64. The first-order valence-electron chi connectivity index (χ1n) is 9.11. The molecule has 2 aliphatic carbocycles. The van der Waals surface area contributed by atoms with Gasteiger partial charge in [-0.3, -0.25) is 9.59 Å². The van der Waals surface area contributed by atoms with Crippen LogP contribution in [-0.4, -0.2) is 18.9 Å². The van der Waals surface area contributed by atoms with Gasteiger partial charge in [-0.2, -0.15) is 0 Å². The largest absolute Gasteiger partial charge is 0.355 e. The molecule has 3 rings (SSSR count). The Kier molecular flexibility index (Phi) is 5.55. The van der Waals surface area contributed by atoms with Crippen LogP contribution in [0.25, 0.3) is 11.1 Å². The highest BCUT2D eigenvalue weighted by molar-refractivity contribution is 5.98. The van der Waals surface area contributed by atoms with Crippen LogP contribution in [-0.2, 0) is 11.2 Å². The number of carbonyl (C=O) groups excluding carboxylic acids is 2. The van der Waals surface area contributed by atoms with Gasteiger partial charge in [0.1, 0.15) is 0 Å². The molecule has 0 unspecified atom stereocenters. The van der Waals surface area contributed by atoms with Crippen molar-refractivity contribution in [2.75, 3.05) is 12.4 Å². The predicted octanol–water partition coefficient (Wildman–Crippen LogP) is 4.46. The van der Waals surface area contributed by atoms with Crippen LogP contribution in [0.4, 0.5) is 5.69 Å². The molecule has 0 radical (unpaired) electrons. The van der Waals surface area contributed by atoms with Gasteiger partial charge in [-0.1, -0.05) is 56.3 Å². The van der Waals surface area contributed by atoms with Crippen molar-refractivity contribution >= 4 is 17.5 Å². The Morgan fingerprint density at radius 2 is 1.74 bits per heavy atom. The third-order valence-electron chi connectivity index (χ3n) is 4.65. The minimum Gasteiger partial charge on any atom is -0.355 e. The lowest BCUT2D eigenvalue weighted by molar-refractivity contribution is -0.115. The smallest absolute Gasteiger partial charge is 0.251 e. The first-order valence-corrected chi connectivity index (χ1v) is 9.11. The van der Waals surface area contributed by atoms with Crippen LogP contribution in [0.1, 0.15) is 41.3 Å². The first-order chi connectivity index (χ1) is 13.0. The second-order valence-electron chi connectivity index (χ2n) is 6.94. The summed E-state index contributed by atoms with van der Waals surface area (Å²) < 4.78 is 0. The Morgan fingerprint density at radius 1 is 0.963 bits per heavy atom. The van der Waals surface area contributed by atoms with Crippen LogP contribution >= 0.6 is 0 Å². The Balaban J connectivity index is 1.75. The average Bonchev–Trinajstić information content (AvgIpc) is 2.88. The van der Waals surface area contributed by atoms with E-state index >= 15 is 0 Å². The molecular weight excluding hydrogens is 336 g/mol. The van der Waals surface area contributed by atoms with Crippen LogP contribution in [0.2, 0.25) is 0 Å². The molecule has 0 fully saturated rings. The summed E-state index contributed by atoms with van der Waals surface area (Å²) in [6.07, 6.45) is 0.286. The summed E-state index contributed by atoms with van der Waals surface area (Å²) in [6, 6.07) is 19.4. The highest BCUT2D eigenvalue weighted by Gasteiger charge is 2.13. The molecule has 4 nitrogen and oxygen atoms in total. The van der Waals surface area contributed by atoms with Crippen molar-refractivity contribution in [2.24, 2.45) is 0 Å². The minimum atomic E-state index is -0.179. The summed E-state index contributed by atoms with van der Waals surface area (Å²) in [4.78, 5) is 24.3. The molecule has 2 amide bonds. The van der Waals surface area contributed by atoms with Crippen LogP contribution in [0.5, 0.6) is 0 Å². The number of hydrogen-bond donors (Lipinski definition) is 2. The minimum absolute atomic E-state index is 0.104. The number of carbonyl (C=O) groups is 2. The van der Waals surface area contributed by atoms with Gasteiger partial charge in [0.2, 0.25) is 5.91 Å². The molecule has 0 heterocycles. The molecular formula is C23H24N2O2. The first kappa shape index (κ1) is 18.6. The van der Waals surface area contributed by atoms with E-state index in [0.717, 1.165) is 16.7 Å². The summed E-state index contributed by atoms with van der Waals surface area (Å²) in [6.45, 7) is 4.34. The predicted molar refractivity (Wildman–Crippen MR) is 109 cm³/mol. The molecule has 0 atom stereocenters. The van der Waals surface area contributed by atoms with Gasteiger partial charge in [-0.15, -0.1) is 0 Å². The van der Waals surface area contributed by atoms with E-state index in [1.54, 1.807) is 31.3 Å². The molecule has 2 aliphatic rings. The van der Waals surface area contributed by atoms with Gasteiger partial charge >= 0.3 is 0 Å². The lowest BCUT2D eigenvalue weighted by Crippen LogP contribution is -2.19. The lowest BCUT2D eigenvalue weighted by atomic mass is 10.0. The van der Waals surface area contributed by atoms with E-state index in [4.69, 9.17) is 0 Å². The van der Waals surface area contributed by atoms with Gasteiger partial charge < -0.3 is 10.6 Å². The van der Waals surface area contributed by atoms with Gasteiger partial charge in [-0.25, -0.2) is 0 Å². The highest BCUT2D eigenvalue weighted by Crippen LogP contribution is 2.30. The van der Waals surface area contributed by atoms with Crippen LogP contribution < -0.4 is 10.6 Å². The maximum atomic E-state index is 12.5. The Bertz CT molecular complexity index is 947. The van der Waals surface area contributed by atoms with Crippen molar-refractivity contribution in [3.05, 3.63) is 77.4 Å². The zero-order chi connectivity index (χ0) is 19.4. The zero-order valence-electron chi connectivity index (χ0n) is 15.9. The number of fused-ring (bicyclic) bond motifs is 1. The second kappa shape index (κ2) is 8.04. The van der Waals surface area contributed by atoms with Gasteiger partial charge in [0.25, 0.3) is 5.91 Å². The van der Waals surface area contributed by atoms with Crippen molar-refractivity contribution in [1.82, 2.24) is 5.32 Å². The molecule has 2 N–H and O–H groups in total. The van der Waals surface area contributed by atoms with E-state index in [2.05, 4.69) is 48.7 Å². The van der Waals surface area contributed by atoms with Crippen molar-refractivity contribution in [3.63, 3.8) is 0 Å². The molecule has 0 saturated heterocycles. The van der Waals surface area contributed by atoms with Gasteiger partial charge in [0, 0.05) is 18.3 Å². The summed E-state index contributed by atoms with van der Waals surface area (Å²) >= 11 is 0. The molecule has 0 bridgehead atoms. The monoisotopic (exact) mass is 360 g/mol. The van der Waals surface area contributed by atoms with E-state index in [-0.39, 0.29) is 18.2 Å². The van der Waals surface area contributed by atoms with Crippen LogP contribution in [0, 0.1) is 0 Å². The Labute approximate surface area is 160 Å². The molecule has 0 aromatic heterocycles. The third-order valence-corrected chi connectivity index (χ3v) is 4.65. The number of hydrogen-bond acceptors (Lipinski definition) is 2. The Hall–Kier alpha value is -3.14. The summed E-state index contributed by atoms with van der Waals surface area (Å²) in [5.74, 6) is 0.170. The maximum Gasteiger partial charge on any atom is 0.251 e. The molecule has 0 spiro atoms. The third kappa shape index (κ3) is 4.34. The molecule has 4 heteroatoms. The number of nitrogens with one attached hydrogen (secondary N) is 2. The topological polar surface area (TPSA) is 58.2 Å². The molecule has 27 heavy (non-hydrogen) atoms. The fraction of sp³-hybridized carbons (Fsp3) is 0.217. The molecule has 1 aromatic rings. The van der Waals surface area contributed by atoms with E-state index in [0.29, 0.717) is 17.2 Å². The van der Waals surface area contributed by atoms with Crippen molar-refractivity contribution in [1.29, 1.82) is 0 Å². The lowest BCUT2D eigenvalue weighted by Gasteiger charge is -2.07. The van der Waals surface area contributed by atoms with E-state index < -0.39 is 0 Å². The number of amides is 2. The average molecular weight is 360 g/mol. The number of benzene rings is 1. The number of rotatable bonds is 5. The summed E-state index contributed by atoms with van der Waals surface area (Å²) in [7, 11) is 1.58. The SMILES string of the molecule is CNC(=O)c1cccc(NC(=O)Cc2ccc3cc(C(C)C)cccc2-3)c1. The van der Waals surface area contributed by atoms with Crippen LogP contribution in [0.3, 0.4) is 0 Å². The van der Waals surface area contributed by atoms with Gasteiger partial charge in [0.15, 0.2) is 0 Å². The number of anilines is 1. The van der Waals surface area contributed by atoms with Gasteiger partial charge in [-0.05, 0) is 46.4 Å². The maximum absolute atomic E-state index is 12.5. The second-order valence-corrected chi connectivity index (χ2v) is 6.94. The standard InChI is InChI=1S/C23H24N2O2/c1-15(2)16-6-5-9-21-17(12-16)10-11-18(21)14-22(26)25-20-8-4-7-19(13-20)23(27)24-3/h4-13,15H,14H2,1-3H3,(H,24,27)(H,25,26). The van der Waals surface area contributed by atoms with Crippen molar-refractivity contribution < 1.29 is 9.59 Å². The normalized spacial score (nSPS) is 10.8. The fourth-order valence-corrected chi connectivity index (χ4v) is 3.14. The van der Waals surface area contributed by atoms with E-state index in [9.17, 15) is 9.59 Å². The molecule has 1 aromatic carbocycles. The van der Waals surface area contributed by atoms with E-state index in [1.165, 1.54) is 5.56 Å². The quantitative estimate of drug-likeness (QED) is 0.706. The highest BCUT2D eigenvalue weighted by atomic mass is 16.2. The van der Waals surface area contributed by atoms with Crippen molar-refractivity contribution in [3.8, 4) is 11.1 Å². The fourth-order valence-electron chi connectivity index (χ4n) is 3.14. The Morgan fingerprint density at radius 3 is 2.48 bits per heavy atom. The van der Waals surface area contributed by atoms with Crippen molar-refractivity contribution in [2.45, 2.75) is 26.2 Å². The molecule has 138 valence electrons.